The molecule has 1 aliphatic rings. The van der Waals surface area contributed by atoms with Gasteiger partial charge in [0.2, 0.25) is 5.91 Å². The van der Waals surface area contributed by atoms with Crippen LogP contribution in [-0.2, 0) is 9.59 Å². The second-order valence-electron chi connectivity index (χ2n) is 5.51. The van der Waals surface area contributed by atoms with Crippen LogP contribution >= 0.6 is 0 Å². The maximum atomic E-state index is 13.3. The fourth-order valence-corrected chi connectivity index (χ4v) is 2.66. The molecule has 24 heavy (non-hydrogen) atoms. The average molecular weight is 328 g/mol. The number of carbonyl (C=O) groups is 2. The van der Waals surface area contributed by atoms with Crippen LogP contribution in [0.4, 0.5) is 10.1 Å². The first-order valence-corrected chi connectivity index (χ1v) is 7.68. The van der Waals surface area contributed by atoms with Crippen molar-refractivity contribution in [1.82, 2.24) is 5.32 Å². The van der Waals surface area contributed by atoms with Crippen LogP contribution in [0.15, 0.2) is 48.5 Å². The van der Waals surface area contributed by atoms with Gasteiger partial charge in [-0.3, -0.25) is 9.59 Å². The Hall–Kier alpha value is -2.89. The van der Waals surface area contributed by atoms with Crippen molar-refractivity contribution in [3.05, 3.63) is 59.9 Å². The molecule has 2 amide bonds. The third-order valence-corrected chi connectivity index (χ3v) is 3.83. The van der Waals surface area contributed by atoms with E-state index in [1.165, 1.54) is 12.1 Å². The zero-order valence-corrected chi connectivity index (χ0v) is 12.9. The summed E-state index contributed by atoms with van der Waals surface area (Å²) in [6.07, 6.45) is 0.402. The molecule has 2 aromatic rings. The highest BCUT2D eigenvalue weighted by molar-refractivity contribution is 6.02. The van der Waals surface area contributed by atoms with Gasteiger partial charge in [0, 0.05) is 12.2 Å². The van der Waals surface area contributed by atoms with E-state index in [0.29, 0.717) is 30.0 Å². The molecule has 2 N–H and O–H groups in total. The first-order valence-electron chi connectivity index (χ1n) is 7.68. The summed E-state index contributed by atoms with van der Waals surface area (Å²) in [5.41, 5.74) is 1.26. The fraction of sp³-hybridized carbons (Fsp3) is 0.222. The van der Waals surface area contributed by atoms with E-state index >= 15 is 0 Å². The van der Waals surface area contributed by atoms with E-state index in [-0.39, 0.29) is 24.2 Å². The van der Waals surface area contributed by atoms with Crippen LogP contribution in [0.2, 0.25) is 0 Å². The molecule has 3 rings (SSSR count). The SMILES string of the molecule is O=C(COc1ccccc1)NCC[C@H]1C(=O)Nc2ccc(F)cc21. The first-order chi connectivity index (χ1) is 11.6. The van der Waals surface area contributed by atoms with Crippen molar-refractivity contribution in [2.24, 2.45) is 0 Å². The van der Waals surface area contributed by atoms with Gasteiger partial charge < -0.3 is 15.4 Å². The molecule has 0 saturated heterocycles. The van der Waals surface area contributed by atoms with E-state index in [0.717, 1.165) is 0 Å². The Kier molecular flexibility index (Phi) is 4.74. The molecule has 6 heteroatoms. The molecule has 0 fully saturated rings. The predicted octanol–water partition coefficient (Wildman–Crippen LogP) is 2.45. The summed E-state index contributed by atoms with van der Waals surface area (Å²) in [5.74, 6) is -0.657. The number of ether oxygens (including phenoxy) is 1. The first kappa shape index (κ1) is 16.0. The van der Waals surface area contributed by atoms with Crippen molar-refractivity contribution in [3.8, 4) is 5.75 Å². The molecule has 0 bridgehead atoms. The monoisotopic (exact) mass is 328 g/mol. The van der Waals surface area contributed by atoms with Gasteiger partial charge in [0.25, 0.3) is 5.91 Å². The quantitative estimate of drug-likeness (QED) is 0.856. The standard InChI is InChI=1S/C18H17FN2O3/c19-12-6-7-16-15(10-12)14(18(23)21-16)8-9-20-17(22)11-24-13-4-2-1-3-5-13/h1-7,10,14H,8-9,11H2,(H,20,22)(H,21,23)/t14-/m1/s1. The third kappa shape index (κ3) is 3.71. The number of nitrogens with one attached hydrogen (secondary N) is 2. The molecule has 1 atom stereocenters. The second kappa shape index (κ2) is 7.12. The van der Waals surface area contributed by atoms with E-state index in [9.17, 15) is 14.0 Å². The van der Waals surface area contributed by atoms with Gasteiger partial charge in [-0.15, -0.1) is 0 Å². The smallest absolute Gasteiger partial charge is 0.257 e. The van der Waals surface area contributed by atoms with Gasteiger partial charge in [-0.25, -0.2) is 4.39 Å². The van der Waals surface area contributed by atoms with Crippen LogP contribution in [0.5, 0.6) is 5.75 Å². The molecule has 0 aliphatic carbocycles. The summed E-state index contributed by atoms with van der Waals surface area (Å²) in [6.45, 7) is 0.219. The van der Waals surface area contributed by atoms with Crippen LogP contribution < -0.4 is 15.4 Å². The summed E-state index contributed by atoms with van der Waals surface area (Å²) < 4.78 is 18.7. The van der Waals surface area contributed by atoms with Gasteiger partial charge in [-0.05, 0) is 42.3 Å². The highest BCUT2D eigenvalue weighted by atomic mass is 19.1. The molecular formula is C18H17FN2O3. The molecule has 0 saturated carbocycles. The minimum absolute atomic E-state index is 0.0912. The molecule has 1 heterocycles. The van der Waals surface area contributed by atoms with Crippen LogP contribution in [0.3, 0.4) is 0 Å². The minimum atomic E-state index is -0.453. The molecule has 1 aliphatic heterocycles. The average Bonchev–Trinajstić information content (AvgIpc) is 2.89. The van der Waals surface area contributed by atoms with Crippen molar-refractivity contribution in [3.63, 3.8) is 0 Å². The maximum Gasteiger partial charge on any atom is 0.257 e. The number of fused-ring (bicyclic) bond motifs is 1. The second-order valence-corrected chi connectivity index (χ2v) is 5.51. The summed E-state index contributed by atoms with van der Waals surface area (Å²) in [4.78, 5) is 23.7. The van der Waals surface area contributed by atoms with Gasteiger partial charge in [0.1, 0.15) is 11.6 Å². The molecule has 0 spiro atoms. The van der Waals surface area contributed by atoms with E-state index in [2.05, 4.69) is 10.6 Å². The highest BCUT2D eigenvalue weighted by Gasteiger charge is 2.30. The Morgan fingerprint density at radius 3 is 2.79 bits per heavy atom. The summed E-state index contributed by atoms with van der Waals surface area (Å²) in [6, 6.07) is 13.3. The fourth-order valence-electron chi connectivity index (χ4n) is 2.66. The normalized spacial score (nSPS) is 15.5. The van der Waals surface area contributed by atoms with Gasteiger partial charge >= 0.3 is 0 Å². The number of para-hydroxylation sites is 1. The van der Waals surface area contributed by atoms with E-state index in [4.69, 9.17) is 4.74 Å². The number of benzene rings is 2. The number of hydrogen-bond acceptors (Lipinski definition) is 3. The highest BCUT2D eigenvalue weighted by Crippen LogP contribution is 2.34. The van der Waals surface area contributed by atoms with Crippen LogP contribution in [0, 0.1) is 5.82 Å². The number of anilines is 1. The molecule has 0 radical (unpaired) electrons. The van der Waals surface area contributed by atoms with Gasteiger partial charge in [0.15, 0.2) is 6.61 Å². The number of halogens is 1. The van der Waals surface area contributed by atoms with Crippen molar-refractivity contribution >= 4 is 17.5 Å². The molecule has 0 aromatic heterocycles. The van der Waals surface area contributed by atoms with Crippen LogP contribution in [0.1, 0.15) is 17.9 Å². The Morgan fingerprint density at radius 1 is 1.21 bits per heavy atom. The largest absolute Gasteiger partial charge is 0.484 e. The zero-order chi connectivity index (χ0) is 16.9. The number of rotatable bonds is 6. The lowest BCUT2D eigenvalue weighted by molar-refractivity contribution is -0.123. The number of amides is 2. The molecule has 2 aromatic carbocycles. The minimum Gasteiger partial charge on any atom is -0.484 e. The predicted molar refractivity (Wildman–Crippen MR) is 87.3 cm³/mol. The van der Waals surface area contributed by atoms with Crippen molar-refractivity contribution in [2.75, 3.05) is 18.5 Å². The van der Waals surface area contributed by atoms with Gasteiger partial charge in [-0.2, -0.15) is 0 Å². The van der Waals surface area contributed by atoms with E-state index < -0.39 is 5.92 Å². The Bertz CT molecular complexity index is 749. The Morgan fingerprint density at radius 2 is 2.00 bits per heavy atom. The zero-order valence-electron chi connectivity index (χ0n) is 12.9. The Labute approximate surface area is 138 Å². The maximum absolute atomic E-state index is 13.3. The summed E-state index contributed by atoms with van der Waals surface area (Å²) in [5, 5.41) is 5.42. The lowest BCUT2D eigenvalue weighted by atomic mass is 9.97. The topological polar surface area (TPSA) is 67.4 Å². The van der Waals surface area contributed by atoms with Gasteiger partial charge in [-0.1, -0.05) is 18.2 Å². The van der Waals surface area contributed by atoms with Gasteiger partial charge in [0.05, 0.1) is 5.92 Å². The number of carbonyl (C=O) groups excluding carboxylic acids is 2. The van der Waals surface area contributed by atoms with E-state index in [1.54, 1.807) is 18.2 Å². The molecular weight excluding hydrogens is 311 g/mol. The van der Waals surface area contributed by atoms with Crippen molar-refractivity contribution < 1.29 is 18.7 Å². The lowest BCUT2D eigenvalue weighted by Crippen LogP contribution is -2.31. The summed E-state index contributed by atoms with van der Waals surface area (Å²) >= 11 is 0. The van der Waals surface area contributed by atoms with Crippen molar-refractivity contribution in [1.29, 1.82) is 0 Å². The summed E-state index contributed by atoms with van der Waals surface area (Å²) in [7, 11) is 0. The number of hydrogen-bond donors (Lipinski definition) is 2. The molecule has 5 nitrogen and oxygen atoms in total. The van der Waals surface area contributed by atoms with Crippen molar-refractivity contribution in [2.45, 2.75) is 12.3 Å². The van der Waals surface area contributed by atoms with E-state index in [1.807, 2.05) is 18.2 Å². The third-order valence-electron chi connectivity index (χ3n) is 3.83. The Balaban J connectivity index is 1.47. The lowest BCUT2D eigenvalue weighted by Gasteiger charge is -2.10. The van der Waals surface area contributed by atoms with Crippen LogP contribution in [-0.4, -0.2) is 25.0 Å². The molecule has 0 unspecified atom stereocenters. The van der Waals surface area contributed by atoms with Crippen LogP contribution in [0.25, 0.3) is 0 Å². The molecule has 124 valence electrons.